The van der Waals surface area contributed by atoms with Crippen LogP contribution in [0.2, 0.25) is 0 Å². The van der Waals surface area contributed by atoms with E-state index >= 15 is 0 Å². The zero-order valence-electron chi connectivity index (χ0n) is 15.7. The van der Waals surface area contributed by atoms with Crippen LogP contribution >= 0.6 is 23.2 Å². The maximum Gasteiger partial charge on any atom is 0.518 e. The molecule has 164 valence electrons. The van der Waals surface area contributed by atoms with Crippen LogP contribution in [0.25, 0.3) is 0 Å². The molecular formula is C13H20Cl2F3N3O6S. The van der Waals surface area contributed by atoms with Crippen LogP contribution in [0.4, 0.5) is 22.8 Å². The normalized spacial score (nSPS) is 13.9. The average molecular weight is 474 g/mol. The van der Waals surface area contributed by atoms with Crippen LogP contribution in [0.5, 0.6) is 0 Å². The van der Waals surface area contributed by atoms with Crippen molar-refractivity contribution in [3.8, 4) is 0 Å². The van der Waals surface area contributed by atoms with Crippen LogP contribution in [0.15, 0.2) is 4.40 Å². The number of alkyl carbamates (subject to hydrolysis) is 1. The summed E-state index contributed by atoms with van der Waals surface area (Å²) in [4.78, 5) is 22.1. The Labute approximate surface area is 170 Å². The van der Waals surface area contributed by atoms with Crippen molar-refractivity contribution in [3.63, 3.8) is 0 Å². The van der Waals surface area contributed by atoms with Crippen LogP contribution in [0.3, 0.4) is 0 Å². The summed E-state index contributed by atoms with van der Waals surface area (Å²) in [6.45, 7) is 8.50. The second-order valence-electron chi connectivity index (χ2n) is 7.09. The van der Waals surface area contributed by atoms with Crippen molar-refractivity contribution in [2.75, 3.05) is 0 Å². The van der Waals surface area contributed by atoms with Gasteiger partial charge in [0.2, 0.25) is 5.96 Å². The van der Waals surface area contributed by atoms with Crippen molar-refractivity contribution in [2.24, 2.45) is 4.40 Å². The van der Waals surface area contributed by atoms with Crippen molar-refractivity contribution >= 4 is 51.4 Å². The van der Waals surface area contributed by atoms with Gasteiger partial charge in [-0.15, -0.1) is 4.40 Å². The number of halogens is 5. The third-order valence-electron chi connectivity index (χ3n) is 2.13. The molecule has 0 spiro atoms. The van der Waals surface area contributed by atoms with Gasteiger partial charge < -0.3 is 9.47 Å². The quantitative estimate of drug-likeness (QED) is 0.283. The first-order chi connectivity index (χ1) is 12.2. The number of guanidine groups is 1. The number of carbonyl (C=O) groups excluding carboxylic acids is 2. The van der Waals surface area contributed by atoms with E-state index in [1.165, 1.54) is 41.5 Å². The van der Waals surface area contributed by atoms with Gasteiger partial charge in [-0.05, 0) is 41.5 Å². The number of hydrogen-bond acceptors (Lipinski definition) is 6. The first-order valence-corrected chi connectivity index (χ1v) is 9.69. The first-order valence-electron chi connectivity index (χ1n) is 7.38. The zero-order valence-corrected chi connectivity index (χ0v) is 18.0. The molecule has 9 nitrogen and oxygen atoms in total. The number of rotatable bonds is 2. The fourth-order valence-electron chi connectivity index (χ4n) is 1.26. The number of nitrogens with zero attached hydrogens (tertiary/aromatic N) is 2. The van der Waals surface area contributed by atoms with Gasteiger partial charge in [-0.3, -0.25) is 5.32 Å². The molecule has 0 aliphatic carbocycles. The Balaban J connectivity index is 6.25. The lowest BCUT2D eigenvalue weighted by atomic mass is 10.2. The molecule has 0 aromatic rings. The molecule has 0 atom stereocenters. The summed E-state index contributed by atoms with van der Waals surface area (Å²) in [7, 11) is -6.19. The van der Waals surface area contributed by atoms with Crippen molar-refractivity contribution in [2.45, 2.75) is 63.2 Å². The minimum atomic E-state index is -6.19. The van der Waals surface area contributed by atoms with E-state index in [1.54, 1.807) is 5.32 Å². The molecule has 28 heavy (non-hydrogen) atoms. The number of sulfonamides is 1. The summed E-state index contributed by atoms with van der Waals surface area (Å²) in [6.07, 6.45) is -2.90. The molecule has 0 saturated carbocycles. The van der Waals surface area contributed by atoms with E-state index in [9.17, 15) is 31.2 Å². The molecule has 0 aliphatic heterocycles. The highest BCUT2D eigenvalue weighted by atomic mass is 35.5. The van der Waals surface area contributed by atoms with Crippen molar-refractivity contribution in [3.05, 3.63) is 0 Å². The van der Waals surface area contributed by atoms with Gasteiger partial charge in [-0.1, -0.05) is 23.2 Å². The lowest BCUT2D eigenvalue weighted by Gasteiger charge is -2.29. The van der Waals surface area contributed by atoms with E-state index in [4.69, 9.17) is 32.7 Å². The highest BCUT2D eigenvalue weighted by Gasteiger charge is 2.47. The SMILES string of the molecule is CC(C)(C)OC(=O)NC(=NS(=O)(=O)C(F)(F)F)N(C(=O)OC(C)(C)C)C(Cl)Cl. The molecule has 0 saturated heterocycles. The molecule has 0 radical (unpaired) electrons. The minimum Gasteiger partial charge on any atom is -0.444 e. The number of carbonyl (C=O) groups is 2. The molecule has 0 aliphatic rings. The van der Waals surface area contributed by atoms with Gasteiger partial charge >= 0.3 is 27.7 Å². The minimum absolute atomic E-state index is 0.00156. The fourth-order valence-corrected chi connectivity index (χ4v) is 2.07. The van der Waals surface area contributed by atoms with Gasteiger partial charge in [0, 0.05) is 0 Å². The summed E-state index contributed by atoms with van der Waals surface area (Å²) < 4.78 is 73.0. The lowest BCUT2D eigenvalue weighted by molar-refractivity contribution is -0.0436. The Morgan fingerprint density at radius 3 is 1.75 bits per heavy atom. The zero-order chi connectivity index (χ0) is 22.7. The van der Waals surface area contributed by atoms with Gasteiger partial charge in [-0.25, -0.2) is 14.5 Å². The maximum atomic E-state index is 12.7. The monoisotopic (exact) mass is 473 g/mol. The number of alkyl halides is 5. The van der Waals surface area contributed by atoms with Crippen LogP contribution in [0, 0.1) is 0 Å². The van der Waals surface area contributed by atoms with Gasteiger partial charge in [0.15, 0.2) is 4.96 Å². The molecule has 0 heterocycles. The summed E-state index contributed by atoms with van der Waals surface area (Å²) in [6, 6.07) is 0. The highest BCUT2D eigenvalue weighted by Crippen LogP contribution is 2.26. The summed E-state index contributed by atoms with van der Waals surface area (Å²) in [5, 5.41) is 1.62. The molecule has 1 N–H and O–H groups in total. The van der Waals surface area contributed by atoms with E-state index in [1.807, 2.05) is 0 Å². The van der Waals surface area contributed by atoms with Crippen molar-refractivity contribution in [1.82, 2.24) is 10.2 Å². The van der Waals surface area contributed by atoms with Crippen LogP contribution in [-0.4, -0.2) is 53.1 Å². The standard InChI is InChI=1S/C13H20Cl2F3N3O6S/c1-11(2,3)26-9(22)19-8(20-28(24,25)13(16,17)18)21(7(14)15)10(23)27-12(4,5)6/h7H,1-6H3,(H,19,20,22). The van der Waals surface area contributed by atoms with Crippen LogP contribution in [-0.2, 0) is 19.5 Å². The Hall–Kier alpha value is -1.47. The Kier molecular flexibility index (Phi) is 8.44. The molecule has 0 fully saturated rings. The largest absolute Gasteiger partial charge is 0.518 e. The summed E-state index contributed by atoms with van der Waals surface area (Å²) >= 11 is 11.1. The van der Waals surface area contributed by atoms with E-state index in [-0.39, 0.29) is 4.90 Å². The van der Waals surface area contributed by atoms with Crippen molar-refractivity contribution < 1.29 is 40.7 Å². The second-order valence-corrected chi connectivity index (χ2v) is 9.74. The topological polar surface area (TPSA) is 114 Å². The molecule has 15 heteroatoms. The van der Waals surface area contributed by atoms with Gasteiger partial charge in [-0.2, -0.15) is 21.6 Å². The maximum absolute atomic E-state index is 12.7. The van der Waals surface area contributed by atoms with Crippen LogP contribution in [0.1, 0.15) is 41.5 Å². The summed E-state index contributed by atoms with van der Waals surface area (Å²) in [5.41, 5.74) is -8.12. The van der Waals surface area contributed by atoms with Crippen molar-refractivity contribution in [1.29, 1.82) is 0 Å². The number of hydrogen-bond donors (Lipinski definition) is 1. The molecule has 0 aromatic carbocycles. The molecule has 2 amide bonds. The van der Waals surface area contributed by atoms with Gasteiger partial charge in [0.25, 0.3) is 0 Å². The van der Waals surface area contributed by atoms with Gasteiger partial charge in [0.1, 0.15) is 11.2 Å². The van der Waals surface area contributed by atoms with E-state index < -0.39 is 49.8 Å². The average Bonchev–Trinajstić information content (AvgIpc) is 2.30. The lowest BCUT2D eigenvalue weighted by Crippen LogP contribution is -2.52. The van der Waals surface area contributed by atoms with E-state index in [0.717, 1.165) is 0 Å². The number of amides is 2. The second kappa shape index (κ2) is 8.91. The van der Waals surface area contributed by atoms with E-state index in [2.05, 4.69) is 4.40 Å². The Bertz CT molecular complexity index is 727. The molecule has 0 bridgehead atoms. The first kappa shape index (κ1) is 26.5. The number of nitrogens with one attached hydrogen (secondary N) is 1. The third-order valence-corrected chi connectivity index (χ3v) is 3.51. The third kappa shape index (κ3) is 9.15. The smallest absolute Gasteiger partial charge is 0.444 e. The molecular weight excluding hydrogens is 454 g/mol. The Morgan fingerprint density at radius 2 is 1.43 bits per heavy atom. The van der Waals surface area contributed by atoms with Gasteiger partial charge in [0.05, 0.1) is 0 Å². The fraction of sp³-hybridized carbons (Fsp3) is 0.769. The van der Waals surface area contributed by atoms with Crippen LogP contribution < -0.4 is 5.32 Å². The number of ether oxygens (including phenoxy) is 2. The Morgan fingerprint density at radius 1 is 1.00 bits per heavy atom. The predicted molar refractivity (Wildman–Crippen MR) is 95.3 cm³/mol. The van der Waals surface area contributed by atoms with E-state index in [0.29, 0.717) is 0 Å². The molecule has 0 aromatic heterocycles. The predicted octanol–water partition coefficient (Wildman–Crippen LogP) is 3.72. The molecule has 0 unspecified atom stereocenters. The summed E-state index contributed by atoms with van der Waals surface area (Å²) in [5.74, 6) is -1.46. The molecule has 0 rings (SSSR count). The highest BCUT2D eigenvalue weighted by molar-refractivity contribution is 7.91.